The standard InChI is InChI=1S/C18H17ClN2O3S/c19-16-8-6-15(7-9-16)14-25(22,23)21(13-18-5-3-11-24-18)12-17-4-1-2-10-20-17/h1-11H,12-14H2. The summed E-state index contributed by atoms with van der Waals surface area (Å²) in [5.74, 6) is 0.466. The molecule has 0 atom stereocenters. The van der Waals surface area contributed by atoms with Crippen molar-refractivity contribution in [1.82, 2.24) is 9.29 Å². The summed E-state index contributed by atoms with van der Waals surface area (Å²) in [6, 6.07) is 15.7. The third kappa shape index (κ3) is 4.92. The van der Waals surface area contributed by atoms with Crippen LogP contribution in [-0.4, -0.2) is 17.7 Å². The average Bonchev–Trinajstić information content (AvgIpc) is 3.10. The zero-order valence-corrected chi connectivity index (χ0v) is 14.9. The zero-order chi connectivity index (χ0) is 17.7. The maximum atomic E-state index is 12.9. The van der Waals surface area contributed by atoms with Crippen LogP contribution in [0.1, 0.15) is 17.0 Å². The molecule has 0 bridgehead atoms. The second-order valence-corrected chi connectivity index (χ2v) is 7.96. The highest BCUT2D eigenvalue weighted by Crippen LogP contribution is 2.19. The topological polar surface area (TPSA) is 63.4 Å². The molecule has 0 amide bonds. The second kappa shape index (κ2) is 7.82. The van der Waals surface area contributed by atoms with Gasteiger partial charge in [0.25, 0.3) is 0 Å². The molecule has 0 radical (unpaired) electrons. The van der Waals surface area contributed by atoms with Crippen LogP contribution in [0.15, 0.2) is 71.5 Å². The van der Waals surface area contributed by atoms with E-state index in [-0.39, 0.29) is 18.8 Å². The van der Waals surface area contributed by atoms with Crippen molar-refractivity contribution in [2.75, 3.05) is 0 Å². The lowest BCUT2D eigenvalue weighted by Crippen LogP contribution is -2.31. The Balaban J connectivity index is 1.84. The van der Waals surface area contributed by atoms with Crippen LogP contribution in [0.25, 0.3) is 0 Å². The van der Waals surface area contributed by atoms with Gasteiger partial charge in [-0.25, -0.2) is 8.42 Å². The first-order valence-electron chi connectivity index (χ1n) is 7.67. The minimum absolute atomic E-state index is 0.113. The van der Waals surface area contributed by atoms with E-state index in [0.717, 1.165) is 0 Å². The number of hydrogen-bond acceptors (Lipinski definition) is 4. The van der Waals surface area contributed by atoms with Crippen molar-refractivity contribution in [3.63, 3.8) is 0 Å². The van der Waals surface area contributed by atoms with Crippen molar-refractivity contribution in [3.8, 4) is 0 Å². The number of furan rings is 1. The minimum Gasteiger partial charge on any atom is -0.468 e. The summed E-state index contributed by atoms with van der Waals surface area (Å²) in [5, 5.41) is 0.571. The molecule has 0 N–H and O–H groups in total. The molecule has 3 aromatic rings. The van der Waals surface area contributed by atoms with E-state index in [4.69, 9.17) is 16.0 Å². The SMILES string of the molecule is O=S(=O)(Cc1ccc(Cl)cc1)N(Cc1ccccn1)Cc1ccco1. The van der Waals surface area contributed by atoms with E-state index < -0.39 is 10.0 Å². The third-order valence-electron chi connectivity index (χ3n) is 3.63. The Morgan fingerprint density at radius 1 is 1.00 bits per heavy atom. The number of rotatable bonds is 7. The molecule has 130 valence electrons. The van der Waals surface area contributed by atoms with Gasteiger partial charge in [-0.3, -0.25) is 4.98 Å². The van der Waals surface area contributed by atoms with Crippen LogP contribution < -0.4 is 0 Å². The van der Waals surface area contributed by atoms with Crippen molar-refractivity contribution in [2.45, 2.75) is 18.8 Å². The summed E-state index contributed by atoms with van der Waals surface area (Å²) in [6.07, 6.45) is 3.17. The summed E-state index contributed by atoms with van der Waals surface area (Å²) in [7, 11) is -3.57. The Labute approximate surface area is 151 Å². The van der Waals surface area contributed by atoms with E-state index in [2.05, 4.69) is 4.98 Å². The molecule has 2 heterocycles. The Morgan fingerprint density at radius 2 is 1.80 bits per heavy atom. The smallest absolute Gasteiger partial charge is 0.219 e. The van der Waals surface area contributed by atoms with Gasteiger partial charge in [0, 0.05) is 11.2 Å². The molecule has 0 saturated heterocycles. The Kier molecular flexibility index (Phi) is 5.53. The van der Waals surface area contributed by atoms with Crippen LogP contribution in [0.4, 0.5) is 0 Å². The molecule has 7 heteroatoms. The summed E-state index contributed by atoms with van der Waals surface area (Å²) >= 11 is 5.87. The first kappa shape index (κ1) is 17.7. The van der Waals surface area contributed by atoms with Crippen molar-refractivity contribution in [1.29, 1.82) is 0 Å². The van der Waals surface area contributed by atoms with Crippen LogP contribution >= 0.6 is 11.6 Å². The number of benzene rings is 1. The van der Waals surface area contributed by atoms with Crippen molar-refractivity contribution < 1.29 is 12.8 Å². The highest BCUT2D eigenvalue weighted by molar-refractivity contribution is 7.88. The van der Waals surface area contributed by atoms with Crippen LogP contribution in [-0.2, 0) is 28.9 Å². The fraction of sp³-hybridized carbons (Fsp3) is 0.167. The lowest BCUT2D eigenvalue weighted by Gasteiger charge is -2.21. The first-order valence-corrected chi connectivity index (χ1v) is 9.66. The van der Waals surface area contributed by atoms with Crippen molar-refractivity contribution in [3.05, 3.63) is 89.1 Å². The molecule has 0 aliphatic carbocycles. The van der Waals surface area contributed by atoms with Gasteiger partial charge >= 0.3 is 0 Å². The largest absolute Gasteiger partial charge is 0.468 e. The van der Waals surface area contributed by atoms with Gasteiger partial charge in [0.05, 0.1) is 30.8 Å². The van der Waals surface area contributed by atoms with Gasteiger partial charge in [-0.2, -0.15) is 4.31 Å². The lowest BCUT2D eigenvalue weighted by molar-refractivity contribution is 0.355. The predicted molar refractivity (Wildman–Crippen MR) is 96.3 cm³/mol. The van der Waals surface area contributed by atoms with Crippen molar-refractivity contribution in [2.24, 2.45) is 0 Å². The quantitative estimate of drug-likeness (QED) is 0.628. The van der Waals surface area contributed by atoms with Gasteiger partial charge in [-0.05, 0) is 42.0 Å². The lowest BCUT2D eigenvalue weighted by atomic mass is 10.2. The Bertz CT molecular complexity index is 895. The number of pyridine rings is 1. The van der Waals surface area contributed by atoms with Gasteiger partial charge in [0.15, 0.2) is 0 Å². The van der Waals surface area contributed by atoms with E-state index in [1.54, 1.807) is 54.7 Å². The molecule has 25 heavy (non-hydrogen) atoms. The average molecular weight is 377 g/mol. The molecule has 0 saturated carbocycles. The zero-order valence-electron chi connectivity index (χ0n) is 13.4. The van der Waals surface area contributed by atoms with Gasteiger partial charge in [0.2, 0.25) is 10.0 Å². The molecule has 1 aromatic carbocycles. The number of sulfonamides is 1. The number of halogens is 1. The number of nitrogens with zero attached hydrogens (tertiary/aromatic N) is 2. The summed E-state index contributed by atoms with van der Waals surface area (Å²) < 4.78 is 32.6. The molecule has 0 spiro atoms. The van der Waals surface area contributed by atoms with Crippen LogP contribution in [0, 0.1) is 0 Å². The van der Waals surface area contributed by atoms with E-state index in [1.165, 1.54) is 10.6 Å². The van der Waals surface area contributed by atoms with Gasteiger partial charge in [-0.1, -0.05) is 29.8 Å². The maximum absolute atomic E-state index is 12.9. The molecule has 0 unspecified atom stereocenters. The summed E-state index contributed by atoms with van der Waals surface area (Å²) in [4.78, 5) is 4.23. The second-order valence-electron chi connectivity index (χ2n) is 5.55. The van der Waals surface area contributed by atoms with E-state index >= 15 is 0 Å². The molecule has 0 aliphatic rings. The van der Waals surface area contributed by atoms with Gasteiger partial charge in [0.1, 0.15) is 5.76 Å². The van der Waals surface area contributed by atoms with Crippen LogP contribution in [0.2, 0.25) is 5.02 Å². The predicted octanol–water partition coefficient (Wildman–Crippen LogP) is 3.86. The number of hydrogen-bond donors (Lipinski definition) is 0. The third-order valence-corrected chi connectivity index (χ3v) is 5.63. The number of aromatic nitrogens is 1. The molecule has 0 aliphatic heterocycles. The molecular formula is C18H17ClN2O3S. The monoisotopic (exact) mass is 376 g/mol. The fourth-order valence-corrected chi connectivity index (χ4v) is 3.96. The summed E-state index contributed by atoms with van der Waals surface area (Å²) in [5.41, 5.74) is 1.35. The van der Waals surface area contributed by atoms with E-state index in [1.807, 2.05) is 6.07 Å². The Hall–Kier alpha value is -2.15. The molecule has 3 rings (SSSR count). The van der Waals surface area contributed by atoms with Gasteiger partial charge < -0.3 is 4.42 Å². The summed E-state index contributed by atoms with van der Waals surface area (Å²) in [6.45, 7) is 0.330. The molecular weight excluding hydrogens is 360 g/mol. The fourth-order valence-electron chi connectivity index (χ4n) is 2.38. The van der Waals surface area contributed by atoms with E-state index in [9.17, 15) is 8.42 Å². The minimum atomic E-state index is -3.57. The molecule has 5 nitrogen and oxygen atoms in total. The van der Waals surface area contributed by atoms with Crippen LogP contribution in [0.5, 0.6) is 0 Å². The highest BCUT2D eigenvalue weighted by Gasteiger charge is 2.24. The van der Waals surface area contributed by atoms with E-state index in [0.29, 0.717) is 22.0 Å². The van der Waals surface area contributed by atoms with Crippen molar-refractivity contribution >= 4 is 21.6 Å². The molecule has 0 fully saturated rings. The first-order chi connectivity index (χ1) is 12.0. The Morgan fingerprint density at radius 3 is 2.44 bits per heavy atom. The van der Waals surface area contributed by atoms with Gasteiger partial charge in [-0.15, -0.1) is 0 Å². The van der Waals surface area contributed by atoms with Crippen LogP contribution in [0.3, 0.4) is 0 Å². The molecule has 2 aromatic heterocycles. The highest BCUT2D eigenvalue weighted by atomic mass is 35.5. The maximum Gasteiger partial charge on any atom is 0.219 e. The normalized spacial score (nSPS) is 11.8.